The van der Waals surface area contributed by atoms with E-state index in [0.717, 1.165) is 6.42 Å². The summed E-state index contributed by atoms with van der Waals surface area (Å²) in [7, 11) is 0. The van der Waals surface area contributed by atoms with Crippen LogP contribution >= 0.6 is 11.3 Å². The van der Waals surface area contributed by atoms with E-state index in [2.05, 4.69) is 24.4 Å². The van der Waals surface area contributed by atoms with E-state index < -0.39 is 6.04 Å². The first kappa shape index (κ1) is 12.2. The standard InChI is InChI=1S/C11H18N2OS/c1-7(13-11(14)9(3)12)6-10-5-4-8(2)15-10/h4-5,7,9H,6,12H2,1-3H3,(H,13,14)/t7?,9-/m0/s1. The SMILES string of the molecule is Cc1ccc(CC(C)NC(=O)[C@H](C)N)s1. The van der Waals surface area contributed by atoms with Gasteiger partial charge in [-0.15, -0.1) is 11.3 Å². The summed E-state index contributed by atoms with van der Waals surface area (Å²) in [6, 6.07) is 3.91. The zero-order chi connectivity index (χ0) is 11.4. The van der Waals surface area contributed by atoms with Crippen LogP contribution < -0.4 is 11.1 Å². The maximum atomic E-state index is 11.3. The minimum absolute atomic E-state index is 0.0872. The van der Waals surface area contributed by atoms with Crippen LogP contribution in [-0.2, 0) is 11.2 Å². The summed E-state index contributed by atoms with van der Waals surface area (Å²) in [6.45, 7) is 5.77. The molecule has 2 atom stereocenters. The summed E-state index contributed by atoms with van der Waals surface area (Å²) in [5.41, 5.74) is 5.47. The Hall–Kier alpha value is -0.870. The lowest BCUT2D eigenvalue weighted by Crippen LogP contribution is -2.43. The maximum Gasteiger partial charge on any atom is 0.236 e. The third-order valence-corrected chi connectivity index (χ3v) is 3.13. The monoisotopic (exact) mass is 226 g/mol. The van der Waals surface area contributed by atoms with Crippen molar-refractivity contribution < 1.29 is 4.79 Å². The molecule has 1 aromatic rings. The zero-order valence-corrected chi connectivity index (χ0v) is 10.2. The Kier molecular flexibility index (Phi) is 4.29. The summed E-state index contributed by atoms with van der Waals surface area (Å²) in [5.74, 6) is -0.0872. The van der Waals surface area contributed by atoms with E-state index in [1.807, 2.05) is 6.92 Å². The van der Waals surface area contributed by atoms with E-state index in [4.69, 9.17) is 5.73 Å². The minimum Gasteiger partial charge on any atom is -0.352 e. The van der Waals surface area contributed by atoms with E-state index in [-0.39, 0.29) is 11.9 Å². The molecule has 0 spiro atoms. The lowest BCUT2D eigenvalue weighted by atomic mass is 10.2. The molecule has 3 nitrogen and oxygen atoms in total. The highest BCUT2D eigenvalue weighted by Crippen LogP contribution is 2.16. The van der Waals surface area contributed by atoms with Gasteiger partial charge in [-0.3, -0.25) is 4.79 Å². The second kappa shape index (κ2) is 5.28. The summed E-state index contributed by atoms with van der Waals surface area (Å²) in [4.78, 5) is 13.9. The van der Waals surface area contributed by atoms with Gasteiger partial charge in [0.1, 0.15) is 0 Å². The largest absolute Gasteiger partial charge is 0.352 e. The van der Waals surface area contributed by atoms with Crippen LogP contribution in [0.15, 0.2) is 12.1 Å². The lowest BCUT2D eigenvalue weighted by molar-refractivity contribution is -0.122. The number of rotatable bonds is 4. The van der Waals surface area contributed by atoms with Gasteiger partial charge in [0.05, 0.1) is 6.04 Å². The number of amides is 1. The van der Waals surface area contributed by atoms with E-state index in [9.17, 15) is 4.79 Å². The highest BCUT2D eigenvalue weighted by Gasteiger charge is 2.11. The Morgan fingerprint density at radius 3 is 2.67 bits per heavy atom. The first-order chi connectivity index (χ1) is 6.99. The molecule has 0 aromatic carbocycles. The molecule has 15 heavy (non-hydrogen) atoms. The molecule has 0 aliphatic carbocycles. The third kappa shape index (κ3) is 4.01. The molecule has 0 radical (unpaired) electrons. The van der Waals surface area contributed by atoms with Gasteiger partial charge in [0, 0.05) is 22.2 Å². The van der Waals surface area contributed by atoms with E-state index in [1.165, 1.54) is 9.75 Å². The predicted molar refractivity (Wildman–Crippen MR) is 64.0 cm³/mol. The van der Waals surface area contributed by atoms with Gasteiger partial charge in [0.15, 0.2) is 0 Å². The van der Waals surface area contributed by atoms with Gasteiger partial charge >= 0.3 is 0 Å². The van der Waals surface area contributed by atoms with Crippen molar-refractivity contribution in [2.24, 2.45) is 5.73 Å². The van der Waals surface area contributed by atoms with Gasteiger partial charge in [0.25, 0.3) is 0 Å². The Bertz CT molecular complexity index is 333. The molecule has 0 aliphatic heterocycles. The number of hydrogen-bond acceptors (Lipinski definition) is 3. The number of aryl methyl sites for hydroxylation is 1. The number of thiophene rings is 1. The molecule has 84 valence electrons. The summed E-state index contributed by atoms with van der Waals surface area (Å²) in [5, 5.41) is 2.88. The third-order valence-electron chi connectivity index (χ3n) is 2.11. The lowest BCUT2D eigenvalue weighted by Gasteiger charge is -2.14. The fraction of sp³-hybridized carbons (Fsp3) is 0.545. The second-order valence-corrected chi connectivity index (χ2v) is 5.29. The number of nitrogens with one attached hydrogen (secondary N) is 1. The van der Waals surface area contributed by atoms with Crippen molar-refractivity contribution in [1.29, 1.82) is 0 Å². The van der Waals surface area contributed by atoms with Crippen molar-refractivity contribution in [1.82, 2.24) is 5.32 Å². The number of carbonyl (C=O) groups is 1. The highest BCUT2D eigenvalue weighted by atomic mass is 32.1. The van der Waals surface area contributed by atoms with E-state index in [0.29, 0.717) is 0 Å². The van der Waals surface area contributed by atoms with Gasteiger partial charge in [-0.1, -0.05) is 0 Å². The quantitative estimate of drug-likeness (QED) is 0.816. The molecule has 1 rings (SSSR count). The molecule has 3 N–H and O–H groups in total. The van der Waals surface area contributed by atoms with Gasteiger partial charge in [-0.2, -0.15) is 0 Å². The molecule has 0 aliphatic rings. The highest BCUT2D eigenvalue weighted by molar-refractivity contribution is 7.11. The number of carbonyl (C=O) groups excluding carboxylic acids is 1. The molecule has 4 heteroatoms. The number of nitrogens with two attached hydrogens (primary N) is 1. The van der Waals surface area contributed by atoms with Crippen LogP contribution in [-0.4, -0.2) is 18.0 Å². The summed E-state index contributed by atoms with van der Waals surface area (Å²) >= 11 is 1.77. The fourth-order valence-corrected chi connectivity index (χ4v) is 2.34. The fourth-order valence-electron chi connectivity index (χ4n) is 1.32. The average molecular weight is 226 g/mol. The number of hydrogen-bond donors (Lipinski definition) is 2. The van der Waals surface area contributed by atoms with Crippen molar-refractivity contribution in [2.45, 2.75) is 39.3 Å². The van der Waals surface area contributed by atoms with Gasteiger partial charge in [-0.25, -0.2) is 0 Å². The smallest absolute Gasteiger partial charge is 0.236 e. The van der Waals surface area contributed by atoms with Gasteiger partial charge < -0.3 is 11.1 Å². The molecule has 0 bridgehead atoms. The molecular weight excluding hydrogens is 208 g/mol. The maximum absolute atomic E-state index is 11.3. The minimum atomic E-state index is -0.433. The molecule has 1 heterocycles. The Labute approximate surface area is 94.7 Å². The molecule has 1 aromatic heterocycles. The molecule has 0 saturated carbocycles. The molecular formula is C11H18N2OS. The molecule has 0 fully saturated rings. The Morgan fingerprint density at radius 1 is 1.53 bits per heavy atom. The normalized spacial score (nSPS) is 14.7. The van der Waals surface area contributed by atoms with Crippen LogP contribution in [0.2, 0.25) is 0 Å². The van der Waals surface area contributed by atoms with Gasteiger partial charge in [-0.05, 0) is 32.9 Å². The van der Waals surface area contributed by atoms with Crippen LogP contribution in [0.5, 0.6) is 0 Å². The molecule has 1 unspecified atom stereocenters. The van der Waals surface area contributed by atoms with Gasteiger partial charge in [0.2, 0.25) is 5.91 Å². The van der Waals surface area contributed by atoms with Crippen LogP contribution in [0.25, 0.3) is 0 Å². The Balaban J connectivity index is 2.42. The van der Waals surface area contributed by atoms with Crippen molar-refractivity contribution >= 4 is 17.2 Å². The van der Waals surface area contributed by atoms with E-state index >= 15 is 0 Å². The van der Waals surface area contributed by atoms with E-state index in [1.54, 1.807) is 18.3 Å². The first-order valence-electron chi connectivity index (χ1n) is 5.10. The summed E-state index contributed by atoms with van der Waals surface area (Å²) < 4.78 is 0. The topological polar surface area (TPSA) is 55.1 Å². The van der Waals surface area contributed by atoms with Crippen molar-refractivity contribution in [3.8, 4) is 0 Å². The van der Waals surface area contributed by atoms with Crippen molar-refractivity contribution in [3.63, 3.8) is 0 Å². The van der Waals surface area contributed by atoms with Crippen LogP contribution in [0, 0.1) is 6.92 Å². The molecule has 0 saturated heterocycles. The van der Waals surface area contributed by atoms with Crippen LogP contribution in [0.4, 0.5) is 0 Å². The Morgan fingerprint density at radius 2 is 2.20 bits per heavy atom. The van der Waals surface area contributed by atoms with Crippen LogP contribution in [0.3, 0.4) is 0 Å². The average Bonchev–Trinajstić information content (AvgIpc) is 2.50. The van der Waals surface area contributed by atoms with Crippen molar-refractivity contribution in [3.05, 3.63) is 21.9 Å². The summed E-state index contributed by atoms with van der Waals surface area (Å²) in [6.07, 6.45) is 0.872. The van der Waals surface area contributed by atoms with Crippen molar-refractivity contribution in [2.75, 3.05) is 0 Å². The molecule has 1 amide bonds. The zero-order valence-electron chi connectivity index (χ0n) is 9.41. The first-order valence-corrected chi connectivity index (χ1v) is 5.92. The van der Waals surface area contributed by atoms with Crippen LogP contribution in [0.1, 0.15) is 23.6 Å². The second-order valence-electron chi connectivity index (χ2n) is 3.91. The predicted octanol–water partition coefficient (Wildman–Crippen LogP) is 1.45.